The smallest absolute Gasteiger partial charge is 0.0656 e. The molecular weight excluding hydrogens is 361 g/mol. The van der Waals surface area contributed by atoms with E-state index in [1.807, 2.05) is 11.3 Å². The molecule has 2 aromatic rings. The molecule has 0 aliphatic carbocycles. The van der Waals surface area contributed by atoms with Crippen LogP contribution < -0.4 is 5.73 Å². The first-order valence-corrected chi connectivity index (χ1v) is 8.25. The fraction of sp³-hybridized carbons (Fsp3) is 0.385. The predicted octanol–water partition coefficient (Wildman–Crippen LogP) is 4.76. The lowest BCUT2D eigenvalue weighted by Crippen LogP contribution is -2.10. The van der Waals surface area contributed by atoms with Crippen LogP contribution in [0.2, 0.25) is 0 Å². The molecule has 1 unspecified atom stereocenters. The number of hydrogen-bond donors (Lipinski definition) is 1. The summed E-state index contributed by atoms with van der Waals surface area (Å²) in [6.45, 7) is 6.71. The summed E-state index contributed by atoms with van der Waals surface area (Å²) in [6.07, 6.45) is 0. The molecule has 4 heteroatoms. The number of nitrogens with two attached hydrogens (primary N) is 1. The predicted molar refractivity (Wildman–Crippen MR) is 86.1 cm³/mol. The Bertz CT molecular complexity index is 507. The van der Waals surface area contributed by atoms with Crippen LogP contribution in [0.25, 0.3) is 0 Å². The first kappa shape index (κ1) is 13.5. The van der Waals surface area contributed by atoms with Gasteiger partial charge in [-0.3, -0.25) is 0 Å². The van der Waals surface area contributed by atoms with Crippen molar-refractivity contribution in [1.29, 1.82) is 0 Å². The van der Waals surface area contributed by atoms with E-state index in [-0.39, 0.29) is 11.5 Å². The first-order valence-electron chi connectivity index (χ1n) is 5.47. The highest BCUT2D eigenvalue weighted by molar-refractivity contribution is 14.1. The summed E-state index contributed by atoms with van der Waals surface area (Å²) in [4.78, 5) is 2.65. The average molecular weight is 377 g/mol. The van der Waals surface area contributed by atoms with E-state index < -0.39 is 0 Å². The monoisotopic (exact) mass is 377 g/mol. The lowest BCUT2D eigenvalue weighted by atomic mass is 9.95. The van der Waals surface area contributed by atoms with E-state index in [9.17, 15) is 0 Å². The average Bonchev–Trinajstić information content (AvgIpc) is 2.83. The summed E-state index contributed by atoms with van der Waals surface area (Å²) in [6, 6.07) is 6.57. The van der Waals surface area contributed by atoms with Crippen LogP contribution in [0.1, 0.15) is 42.1 Å². The van der Waals surface area contributed by atoms with Crippen LogP contribution in [0.5, 0.6) is 0 Å². The van der Waals surface area contributed by atoms with Gasteiger partial charge in [-0.15, -0.1) is 22.7 Å². The topological polar surface area (TPSA) is 26.0 Å². The van der Waals surface area contributed by atoms with Gasteiger partial charge in [-0.05, 0) is 57.1 Å². The van der Waals surface area contributed by atoms with E-state index in [0.717, 1.165) is 0 Å². The van der Waals surface area contributed by atoms with E-state index >= 15 is 0 Å². The van der Waals surface area contributed by atoms with Crippen molar-refractivity contribution in [1.82, 2.24) is 0 Å². The summed E-state index contributed by atoms with van der Waals surface area (Å²) < 4.78 is 1.29. The minimum atomic E-state index is 0.0239. The zero-order valence-corrected chi connectivity index (χ0v) is 13.9. The molecule has 0 spiro atoms. The third-order valence-electron chi connectivity index (χ3n) is 2.62. The van der Waals surface area contributed by atoms with Crippen LogP contribution in [-0.2, 0) is 5.41 Å². The maximum atomic E-state index is 6.30. The minimum absolute atomic E-state index is 0.0239. The summed E-state index contributed by atoms with van der Waals surface area (Å²) in [7, 11) is 0. The Balaban J connectivity index is 2.26. The second-order valence-electron chi connectivity index (χ2n) is 5.11. The highest BCUT2D eigenvalue weighted by Gasteiger charge is 2.19. The number of halogens is 1. The molecule has 2 N–H and O–H groups in total. The van der Waals surface area contributed by atoms with E-state index in [0.29, 0.717) is 0 Å². The Morgan fingerprint density at radius 1 is 1.29 bits per heavy atom. The fourth-order valence-corrected chi connectivity index (χ4v) is 4.08. The summed E-state index contributed by atoms with van der Waals surface area (Å²) in [5.41, 5.74) is 7.74. The third-order valence-corrected chi connectivity index (χ3v) is 6.02. The molecule has 2 aromatic heterocycles. The van der Waals surface area contributed by atoms with Crippen molar-refractivity contribution in [3.05, 3.63) is 41.8 Å². The van der Waals surface area contributed by atoms with Crippen LogP contribution in [0.3, 0.4) is 0 Å². The Morgan fingerprint density at radius 2 is 2.00 bits per heavy atom. The van der Waals surface area contributed by atoms with Gasteiger partial charge in [0, 0.05) is 9.75 Å². The molecule has 0 amide bonds. The molecule has 17 heavy (non-hydrogen) atoms. The fourth-order valence-electron chi connectivity index (χ4n) is 1.57. The lowest BCUT2D eigenvalue weighted by molar-refractivity contribution is 0.604. The molecule has 1 atom stereocenters. The quantitative estimate of drug-likeness (QED) is 0.751. The molecule has 0 saturated heterocycles. The molecule has 0 bridgehead atoms. The van der Waals surface area contributed by atoms with Crippen molar-refractivity contribution in [3.8, 4) is 0 Å². The number of hydrogen-bond acceptors (Lipinski definition) is 3. The second-order valence-corrected chi connectivity index (χ2v) is 9.03. The van der Waals surface area contributed by atoms with Gasteiger partial charge in [0.1, 0.15) is 0 Å². The Hall–Kier alpha value is 0.0900. The Morgan fingerprint density at radius 3 is 2.47 bits per heavy atom. The van der Waals surface area contributed by atoms with Gasteiger partial charge in [-0.1, -0.05) is 20.8 Å². The van der Waals surface area contributed by atoms with Gasteiger partial charge in [0.2, 0.25) is 0 Å². The largest absolute Gasteiger partial charge is 0.320 e. The van der Waals surface area contributed by atoms with Gasteiger partial charge in [0.25, 0.3) is 0 Å². The summed E-state index contributed by atoms with van der Waals surface area (Å²) in [5, 5.41) is 2.16. The molecular formula is C13H16INS2. The van der Waals surface area contributed by atoms with Gasteiger partial charge >= 0.3 is 0 Å². The van der Waals surface area contributed by atoms with Crippen molar-refractivity contribution >= 4 is 45.3 Å². The van der Waals surface area contributed by atoms with Gasteiger partial charge in [0.05, 0.1) is 8.93 Å². The minimum Gasteiger partial charge on any atom is -0.320 e. The van der Waals surface area contributed by atoms with Crippen molar-refractivity contribution in [3.63, 3.8) is 0 Å². The molecule has 0 radical (unpaired) electrons. The van der Waals surface area contributed by atoms with Crippen LogP contribution >= 0.6 is 45.3 Å². The molecule has 0 aromatic carbocycles. The summed E-state index contributed by atoms with van der Waals surface area (Å²) >= 11 is 5.92. The van der Waals surface area contributed by atoms with Crippen molar-refractivity contribution in [2.24, 2.45) is 5.73 Å². The standard InChI is InChI=1S/C13H16INS2/c1-13(2,3)10-5-4-9(17-10)12(15)8-6-11(14)16-7-8/h4-7,12H,15H2,1-3H3. The highest BCUT2D eigenvalue weighted by Crippen LogP contribution is 2.34. The van der Waals surface area contributed by atoms with Crippen molar-refractivity contribution in [2.75, 3.05) is 0 Å². The van der Waals surface area contributed by atoms with Crippen LogP contribution in [0, 0.1) is 2.88 Å². The van der Waals surface area contributed by atoms with E-state index in [1.165, 1.54) is 18.2 Å². The van der Waals surface area contributed by atoms with Crippen LogP contribution in [-0.4, -0.2) is 0 Å². The first-order chi connectivity index (χ1) is 7.88. The molecule has 92 valence electrons. The van der Waals surface area contributed by atoms with Crippen molar-refractivity contribution < 1.29 is 0 Å². The Labute approximate surface area is 124 Å². The number of thiophene rings is 2. The zero-order chi connectivity index (χ0) is 12.6. The molecule has 0 aliphatic rings. The summed E-state index contributed by atoms with van der Waals surface area (Å²) in [5.74, 6) is 0. The van der Waals surface area contributed by atoms with E-state index in [2.05, 4.69) is 66.9 Å². The molecule has 0 aliphatic heterocycles. The van der Waals surface area contributed by atoms with E-state index in [1.54, 1.807) is 11.3 Å². The Kier molecular flexibility index (Phi) is 3.97. The SMILES string of the molecule is CC(C)(C)c1ccc(C(N)c2csc(I)c2)s1. The lowest BCUT2D eigenvalue weighted by Gasteiger charge is -2.15. The molecule has 2 heterocycles. The van der Waals surface area contributed by atoms with Gasteiger partial charge in [-0.25, -0.2) is 0 Å². The molecule has 0 saturated carbocycles. The maximum Gasteiger partial charge on any atom is 0.0656 e. The molecule has 1 nitrogen and oxygen atoms in total. The second kappa shape index (κ2) is 4.99. The van der Waals surface area contributed by atoms with Gasteiger partial charge in [-0.2, -0.15) is 0 Å². The van der Waals surface area contributed by atoms with Crippen LogP contribution in [0.15, 0.2) is 23.6 Å². The van der Waals surface area contributed by atoms with Gasteiger partial charge in [0.15, 0.2) is 0 Å². The normalized spacial score (nSPS) is 13.9. The van der Waals surface area contributed by atoms with Crippen LogP contribution in [0.4, 0.5) is 0 Å². The zero-order valence-electron chi connectivity index (χ0n) is 10.2. The van der Waals surface area contributed by atoms with Crippen molar-refractivity contribution in [2.45, 2.75) is 32.2 Å². The van der Waals surface area contributed by atoms with E-state index in [4.69, 9.17) is 5.73 Å². The molecule has 0 fully saturated rings. The maximum absolute atomic E-state index is 6.30. The number of rotatable bonds is 2. The third kappa shape index (κ3) is 3.10. The highest BCUT2D eigenvalue weighted by atomic mass is 127. The van der Waals surface area contributed by atoms with Gasteiger partial charge < -0.3 is 5.73 Å². The molecule has 2 rings (SSSR count).